The molecule has 0 aromatic heterocycles. The van der Waals surface area contributed by atoms with E-state index in [1.54, 1.807) is 29.1 Å². The van der Waals surface area contributed by atoms with Gasteiger partial charge in [0, 0.05) is 20.1 Å². The van der Waals surface area contributed by atoms with E-state index in [1.165, 1.54) is 28.1 Å². The smallest absolute Gasteiger partial charge is 0.407 e. The van der Waals surface area contributed by atoms with Crippen molar-refractivity contribution in [1.82, 2.24) is 30.5 Å². The lowest BCUT2D eigenvalue weighted by atomic mass is 9.98. The van der Waals surface area contributed by atoms with Crippen LogP contribution in [0.15, 0.2) is 67.3 Å². The largest absolute Gasteiger partial charge is 0.445 e. The quantitative estimate of drug-likeness (QED) is 0.330. The number of halogens is 1. The Balaban J connectivity index is 1.56. The van der Waals surface area contributed by atoms with Gasteiger partial charge in [0.2, 0.25) is 11.8 Å². The molecule has 2 fully saturated rings. The van der Waals surface area contributed by atoms with E-state index >= 15 is 0 Å². The average molecular weight is 581 g/mol. The van der Waals surface area contributed by atoms with Crippen molar-refractivity contribution in [3.05, 3.63) is 84.2 Å². The van der Waals surface area contributed by atoms with Crippen LogP contribution in [-0.4, -0.2) is 89.3 Å². The van der Waals surface area contributed by atoms with Gasteiger partial charge in [-0.15, -0.1) is 0 Å². The normalized spacial score (nSPS) is 19.6. The predicted molar refractivity (Wildman–Crippen MR) is 153 cm³/mol. The number of piperazine rings is 1. The highest BCUT2D eigenvalue weighted by molar-refractivity contribution is 5.91. The molecule has 2 aliphatic rings. The number of hydrazine groups is 1. The zero-order valence-electron chi connectivity index (χ0n) is 23.9. The second-order valence-corrected chi connectivity index (χ2v) is 10.3. The number of amides is 5. The molecule has 2 aromatic rings. The van der Waals surface area contributed by atoms with Gasteiger partial charge in [-0.2, -0.15) is 0 Å². The Morgan fingerprint density at radius 1 is 1.12 bits per heavy atom. The van der Waals surface area contributed by atoms with Crippen LogP contribution in [0.2, 0.25) is 0 Å². The van der Waals surface area contributed by atoms with Crippen molar-refractivity contribution in [3.63, 3.8) is 0 Å². The second kappa shape index (κ2) is 13.9. The summed E-state index contributed by atoms with van der Waals surface area (Å²) in [5.74, 6) is -0.861. The molecule has 2 N–H and O–H groups in total. The molecular weight excluding hydrogens is 543 g/mol. The first-order chi connectivity index (χ1) is 20.2. The molecule has 4 rings (SSSR count). The van der Waals surface area contributed by atoms with Crippen LogP contribution in [0.25, 0.3) is 0 Å². The molecule has 12 heteroatoms. The summed E-state index contributed by atoms with van der Waals surface area (Å²) in [4.78, 5) is 56.0. The van der Waals surface area contributed by atoms with Gasteiger partial charge in [0.15, 0.2) is 0 Å². The summed E-state index contributed by atoms with van der Waals surface area (Å²) >= 11 is 0. The van der Waals surface area contributed by atoms with E-state index in [-0.39, 0.29) is 62.9 Å². The van der Waals surface area contributed by atoms with Crippen LogP contribution in [-0.2, 0) is 20.9 Å². The lowest BCUT2D eigenvalue weighted by Crippen LogP contribution is -2.76. The summed E-state index contributed by atoms with van der Waals surface area (Å²) in [7, 11) is 1.65. The van der Waals surface area contributed by atoms with E-state index in [0.717, 1.165) is 5.56 Å². The first-order valence-electron chi connectivity index (χ1n) is 13.9. The third-order valence-corrected chi connectivity index (χ3v) is 7.46. The molecule has 0 spiro atoms. The molecule has 42 heavy (non-hydrogen) atoms. The van der Waals surface area contributed by atoms with Crippen LogP contribution in [0, 0.1) is 5.82 Å². The molecule has 0 saturated carbocycles. The molecule has 3 atom stereocenters. The summed E-state index contributed by atoms with van der Waals surface area (Å²) in [6.45, 7) is 5.92. The number of hydrogen-bond acceptors (Lipinski definition) is 6. The first-order valence-corrected chi connectivity index (χ1v) is 13.9. The highest BCUT2D eigenvalue weighted by Gasteiger charge is 2.51. The fourth-order valence-electron chi connectivity index (χ4n) is 5.33. The van der Waals surface area contributed by atoms with Gasteiger partial charge in [-0.1, -0.05) is 55.1 Å². The molecule has 11 nitrogen and oxygen atoms in total. The maximum Gasteiger partial charge on any atom is 0.407 e. The Kier molecular flexibility index (Phi) is 10.1. The summed E-state index contributed by atoms with van der Waals surface area (Å²) in [6.07, 6.45) is 0.778. The summed E-state index contributed by atoms with van der Waals surface area (Å²) < 4.78 is 18.3. The number of likely N-dealkylation sites (N-methyl/N-ethyl adjacent to an activating group) is 1. The molecular formula is C30H37FN6O5. The minimum Gasteiger partial charge on any atom is -0.445 e. The molecule has 224 valence electrons. The van der Waals surface area contributed by atoms with E-state index in [9.17, 15) is 23.6 Å². The van der Waals surface area contributed by atoms with Crippen LogP contribution in [0.1, 0.15) is 36.9 Å². The summed E-state index contributed by atoms with van der Waals surface area (Å²) in [5, 5.41) is 8.53. The van der Waals surface area contributed by atoms with Gasteiger partial charge < -0.3 is 25.2 Å². The second-order valence-electron chi connectivity index (χ2n) is 10.3. The van der Waals surface area contributed by atoms with Crippen LogP contribution >= 0.6 is 0 Å². The fraction of sp³-hybridized carbons (Fsp3) is 0.400. The van der Waals surface area contributed by atoms with Gasteiger partial charge >= 0.3 is 12.1 Å². The number of fused-ring (bicyclic) bond motifs is 1. The molecule has 2 aliphatic heterocycles. The number of ether oxygens (including phenoxy) is 1. The molecule has 0 bridgehead atoms. The standard InChI is InChI=1S/C30H37FN6O5/c1-4-17-42-30(41)32-16-8-11-25-28(39)35(21(2)23-9-6-5-7-10-23)19-26-36(25)27(38)20-34(3)37(26)29(40)33-18-22-12-14-24(31)15-13-22/h4-7,9-10,12-15,21,25-26H,1,8,11,16-20H2,2-3H3,(H,32,41)(H,33,40)/t21-,25+,26+/m1/s1. The minimum atomic E-state index is -0.838. The Morgan fingerprint density at radius 3 is 2.52 bits per heavy atom. The van der Waals surface area contributed by atoms with Gasteiger partial charge in [0.05, 0.1) is 19.1 Å². The van der Waals surface area contributed by atoms with E-state index < -0.39 is 24.3 Å². The topological polar surface area (TPSA) is 115 Å². The van der Waals surface area contributed by atoms with Crippen molar-refractivity contribution < 1.29 is 28.3 Å². The summed E-state index contributed by atoms with van der Waals surface area (Å²) in [6, 6.07) is 13.8. The number of urea groups is 1. The number of nitrogens with zero attached hydrogens (tertiary/aromatic N) is 4. The Bertz CT molecular complexity index is 1280. The van der Waals surface area contributed by atoms with Gasteiger partial charge in [-0.25, -0.2) is 24.0 Å². The molecule has 0 unspecified atom stereocenters. The fourth-order valence-corrected chi connectivity index (χ4v) is 5.33. The lowest BCUT2D eigenvalue weighted by molar-refractivity contribution is -0.189. The number of rotatable bonds is 10. The van der Waals surface area contributed by atoms with Crippen molar-refractivity contribution in [3.8, 4) is 0 Å². The van der Waals surface area contributed by atoms with Crippen molar-refractivity contribution in [2.45, 2.75) is 44.6 Å². The lowest BCUT2D eigenvalue weighted by Gasteiger charge is -2.55. The maximum absolute atomic E-state index is 14.0. The molecule has 5 amide bonds. The minimum absolute atomic E-state index is 0.0792. The van der Waals surface area contributed by atoms with Gasteiger partial charge in [-0.3, -0.25) is 9.59 Å². The van der Waals surface area contributed by atoms with Crippen molar-refractivity contribution in [1.29, 1.82) is 0 Å². The van der Waals surface area contributed by atoms with Crippen molar-refractivity contribution >= 4 is 23.9 Å². The zero-order chi connectivity index (χ0) is 30.2. The highest BCUT2D eigenvalue weighted by Crippen LogP contribution is 2.32. The molecule has 2 saturated heterocycles. The number of nitrogens with one attached hydrogen (secondary N) is 2. The number of alkyl carbamates (subject to hydrolysis) is 1. The van der Waals surface area contributed by atoms with Crippen LogP contribution in [0.3, 0.4) is 0 Å². The third kappa shape index (κ3) is 7.06. The predicted octanol–water partition coefficient (Wildman–Crippen LogP) is 3.02. The van der Waals surface area contributed by atoms with Crippen LogP contribution in [0.4, 0.5) is 14.0 Å². The Hall–Kier alpha value is -4.45. The van der Waals surface area contributed by atoms with E-state index in [0.29, 0.717) is 12.0 Å². The maximum atomic E-state index is 14.0. The molecule has 0 aliphatic carbocycles. The van der Waals surface area contributed by atoms with Crippen LogP contribution in [0.5, 0.6) is 0 Å². The first kappa shape index (κ1) is 30.5. The average Bonchev–Trinajstić information content (AvgIpc) is 2.98. The van der Waals surface area contributed by atoms with Crippen LogP contribution < -0.4 is 10.6 Å². The monoisotopic (exact) mass is 580 g/mol. The molecule has 2 aromatic carbocycles. The number of hydrogen-bond donors (Lipinski definition) is 2. The number of carbonyl (C=O) groups is 4. The third-order valence-electron chi connectivity index (χ3n) is 7.46. The highest BCUT2D eigenvalue weighted by atomic mass is 19.1. The number of benzene rings is 2. The summed E-state index contributed by atoms with van der Waals surface area (Å²) in [5.41, 5.74) is 1.64. The van der Waals surface area contributed by atoms with Crippen molar-refractivity contribution in [2.75, 3.05) is 33.3 Å². The zero-order valence-corrected chi connectivity index (χ0v) is 23.9. The molecule has 0 radical (unpaired) electrons. The van der Waals surface area contributed by atoms with Gasteiger partial charge in [0.1, 0.15) is 24.6 Å². The molecule has 2 heterocycles. The van der Waals surface area contributed by atoms with E-state index in [1.807, 2.05) is 37.3 Å². The van der Waals surface area contributed by atoms with E-state index in [2.05, 4.69) is 17.2 Å². The van der Waals surface area contributed by atoms with E-state index in [4.69, 9.17) is 4.74 Å². The van der Waals surface area contributed by atoms with Crippen molar-refractivity contribution in [2.24, 2.45) is 0 Å². The number of carbonyl (C=O) groups excluding carboxylic acids is 4. The van der Waals surface area contributed by atoms with Gasteiger partial charge in [-0.05, 0) is 43.0 Å². The SMILES string of the molecule is C=CCOC(=O)NCCC[C@H]1C(=O)N([C@H](C)c2ccccc2)C[C@H]2N1C(=O)CN(C)N2C(=O)NCc1ccc(F)cc1. The Morgan fingerprint density at radius 2 is 1.83 bits per heavy atom. The van der Waals surface area contributed by atoms with Gasteiger partial charge in [0.25, 0.3) is 0 Å². The Labute approximate surface area is 244 Å².